The Hall–Kier alpha value is -1.99. The predicted octanol–water partition coefficient (Wildman–Crippen LogP) is 5.40. The molecule has 2 aromatic carbocycles. The fraction of sp³-hybridized carbons (Fsp3) is 0.480. The number of hydrogen-bond donors (Lipinski definition) is 0. The molecule has 0 aliphatic carbocycles. The number of thioether (sulfide) groups is 2. The zero-order valence-corrected chi connectivity index (χ0v) is 20.2. The molecule has 0 unspecified atom stereocenters. The summed E-state index contributed by atoms with van der Waals surface area (Å²) >= 11 is 4.01. The first-order valence-electron chi connectivity index (χ1n) is 11.3. The summed E-state index contributed by atoms with van der Waals surface area (Å²) in [5.41, 5.74) is 1.33. The maximum Gasteiger partial charge on any atom is 0.260 e. The van der Waals surface area contributed by atoms with Crippen LogP contribution in [0.5, 0.6) is 17.2 Å². The minimum absolute atomic E-state index is 0.0284. The fourth-order valence-corrected chi connectivity index (χ4v) is 6.76. The molecule has 1 amide bonds. The molecule has 2 fully saturated rings. The molecule has 0 radical (unpaired) electrons. The highest BCUT2D eigenvalue weighted by Crippen LogP contribution is 2.43. The first kappa shape index (κ1) is 23.2. The highest BCUT2D eigenvalue weighted by Gasteiger charge is 2.25. The molecule has 2 aliphatic heterocycles. The number of para-hydroxylation sites is 2. The Balaban J connectivity index is 1.21. The first-order chi connectivity index (χ1) is 15.7. The molecule has 2 saturated heterocycles. The molecule has 0 N–H and O–H groups in total. The second-order valence-corrected chi connectivity index (χ2v) is 10.6. The van der Waals surface area contributed by atoms with Crippen LogP contribution in [0.4, 0.5) is 0 Å². The van der Waals surface area contributed by atoms with Gasteiger partial charge in [-0.3, -0.25) is 4.79 Å². The molecule has 172 valence electrons. The van der Waals surface area contributed by atoms with Crippen molar-refractivity contribution in [1.82, 2.24) is 4.90 Å². The van der Waals surface area contributed by atoms with E-state index in [9.17, 15) is 4.79 Å². The van der Waals surface area contributed by atoms with Crippen molar-refractivity contribution in [1.29, 1.82) is 0 Å². The summed E-state index contributed by atoms with van der Waals surface area (Å²) in [5, 5.41) is 0. The van der Waals surface area contributed by atoms with E-state index >= 15 is 0 Å². The molecule has 7 heteroatoms. The number of likely N-dealkylation sites (tertiary alicyclic amines) is 1. The van der Waals surface area contributed by atoms with Gasteiger partial charge in [0.05, 0.1) is 11.2 Å². The quantitative estimate of drug-likeness (QED) is 0.511. The second-order valence-electron chi connectivity index (χ2n) is 7.86. The lowest BCUT2D eigenvalue weighted by Crippen LogP contribution is -2.43. The van der Waals surface area contributed by atoms with E-state index in [0.29, 0.717) is 24.3 Å². The van der Waals surface area contributed by atoms with Gasteiger partial charge in [0.25, 0.3) is 5.91 Å². The van der Waals surface area contributed by atoms with Gasteiger partial charge in [0, 0.05) is 25.9 Å². The van der Waals surface area contributed by atoms with Crippen LogP contribution in [0, 0.1) is 0 Å². The van der Waals surface area contributed by atoms with Gasteiger partial charge in [-0.15, -0.1) is 23.5 Å². The van der Waals surface area contributed by atoms with Crippen molar-refractivity contribution in [3.8, 4) is 17.2 Å². The zero-order valence-electron chi connectivity index (χ0n) is 18.5. The van der Waals surface area contributed by atoms with E-state index in [1.54, 1.807) is 0 Å². The van der Waals surface area contributed by atoms with Crippen LogP contribution in [0.15, 0.2) is 48.5 Å². The lowest BCUT2D eigenvalue weighted by molar-refractivity contribution is -0.135. The lowest BCUT2D eigenvalue weighted by atomic mass is 10.1. The molecule has 2 aromatic rings. The van der Waals surface area contributed by atoms with E-state index in [1.165, 1.54) is 23.5 Å². The van der Waals surface area contributed by atoms with Crippen LogP contribution in [0.25, 0.3) is 0 Å². The summed E-state index contributed by atoms with van der Waals surface area (Å²) in [6, 6.07) is 16.0. The largest absolute Gasteiger partial charge is 0.490 e. The monoisotopic (exact) mass is 473 g/mol. The van der Waals surface area contributed by atoms with Crippen LogP contribution >= 0.6 is 23.5 Å². The van der Waals surface area contributed by atoms with E-state index in [1.807, 2.05) is 71.7 Å². The van der Waals surface area contributed by atoms with Gasteiger partial charge in [-0.1, -0.05) is 24.3 Å². The third-order valence-electron chi connectivity index (χ3n) is 5.58. The smallest absolute Gasteiger partial charge is 0.260 e. The third kappa shape index (κ3) is 6.29. The normalized spacial score (nSPS) is 17.7. The average molecular weight is 474 g/mol. The van der Waals surface area contributed by atoms with Gasteiger partial charge >= 0.3 is 0 Å². The Morgan fingerprint density at radius 3 is 2.34 bits per heavy atom. The van der Waals surface area contributed by atoms with Crippen LogP contribution in [-0.2, 0) is 4.79 Å². The topological polar surface area (TPSA) is 48.0 Å². The maximum atomic E-state index is 12.6. The summed E-state index contributed by atoms with van der Waals surface area (Å²) in [6.07, 6.45) is 2.98. The number of piperidine rings is 1. The van der Waals surface area contributed by atoms with E-state index in [-0.39, 0.29) is 18.6 Å². The number of nitrogens with zero attached hydrogens (tertiary/aromatic N) is 1. The molecule has 0 aromatic heterocycles. The van der Waals surface area contributed by atoms with Crippen LogP contribution in [0.2, 0.25) is 0 Å². The molecule has 0 spiro atoms. The Labute approximate surface area is 199 Å². The molecule has 0 saturated carbocycles. The number of rotatable bonds is 8. The van der Waals surface area contributed by atoms with E-state index in [0.717, 1.165) is 30.1 Å². The van der Waals surface area contributed by atoms with Gasteiger partial charge in [0.15, 0.2) is 18.1 Å². The van der Waals surface area contributed by atoms with Crippen molar-refractivity contribution >= 4 is 29.4 Å². The highest BCUT2D eigenvalue weighted by atomic mass is 32.2. The fourth-order valence-electron chi connectivity index (χ4n) is 3.86. The van der Waals surface area contributed by atoms with Crippen molar-refractivity contribution in [2.45, 2.75) is 36.9 Å². The number of benzene rings is 2. The van der Waals surface area contributed by atoms with Crippen molar-refractivity contribution in [3.05, 3.63) is 54.1 Å². The summed E-state index contributed by atoms with van der Waals surface area (Å²) in [7, 11) is 0. The summed E-state index contributed by atoms with van der Waals surface area (Å²) in [6.45, 7) is 4.00. The van der Waals surface area contributed by atoms with Crippen molar-refractivity contribution in [3.63, 3.8) is 0 Å². The predicted molar refractivity (Wildman–Crippen MR) is 132 cm³/mol. The first-order valence-corrected chi connectivity index (χ1v) is 13.4. The third-order valence-corrected chi connectivity index (χ3v) is 8.59. The number of amides is 1. The van der Waals surface area contributed by atoms with E-state index in [2.05, 4.69) is 12.1 Å². The Kier molecular flexibility index (Phi) is 8.51. The van der Waals surface area contributed by atoms with Gasteiger partial charge in [0.2, 0.25) is 0 Å². The molecule has 32 heavy (non-hydrogen) atoms. The molecule has 4 rings (SSSR count). The second kappa shape index (κ2) is 11.8. The van der Waals surface area contributed by atoms with Crippen molar-refractivity contribution in [2.24, 2.45) is 0 Å². The van der Waals surface area contributed by atoms with Crippen molar-refractivity contribution in [2.75, 3.05) is 37.8 Å². The maximum absolute atomic E-state index is 12.6. The molecular formula is C25H31NO4S2. The number of carbonyl (C=O) groups is 1. The molecule has 2 aliphatic rings. The van der Waals surface area contributed by atoms with Crippen LogP contribution in [-0.4, -0.2) is 54.7 Å². The molecule has 2 heterocycles. The molecular weight excluding hydrogens is 442 g/mol. The molecule has 5 nitrogen and oxygen atoms in total. The lowest BCUT2D eigenvalue weighted by Gasteiger charge is -2.32. The molecule has 0 bridgehead atoms. The average Bonchev–Trinajstić information content (AvgIpc) is 2.85. The number of hydrogen-bond acceptors (Lipinski definition) is 6. The van der Waals surface area contributed by atoms with Gasteiger partial charge in [-0.05, 0) is 54.7 Å². The summed E-state index contributed by atoms with van der Waals surface area (Å²) in [5.74, 6) is 4.78. The van der Waals surface area contributed by atoms with E-state index < -0.39 is 0 Å². The minimum atomic E-state index is 0.0284. The Bertz CT molecular complexity index is 863. The minimum Gasteiger partial charge on any atom is -0.490 e. The van der Waals surface area contributed by atoms with Gasteiger partial charge < -0.3 is 19.1 Å². The summed E-state index contributed by atoms with van der Waals surface area (Å²) < 4.78 is 18.1. The molecule has 0 atom stereocenters. The SMILES string of the molecule is CCOc1ccccc1OC1CCN(C(=O)COc2ccc(C3SCCCS3)cc2)CC1. The number of carbonyl (C=O) groups excluding carboxylic acids is 1. The van der Waals surface area contributed by atoms with Crippen LogP contribution < -0.4 is 14.2 Å². The zero-order chi connectivity index (χ0) is 22.2. The van der Waals surface area contributed by atoms with Gasteiger partial charge in [-0.25, -0.2) is 0 Å². The van der Waals surface area contributed by atoms with E-state index in [4.69, 9.17) is 14.2 Å². The Morgan fingerprint density at radius 1 is 0.969 bits per heavy atom. The highest BCUT2D eigenvalue weighted by molar-refractivity contribution is 8.16. The van der Waals surface area contributed by atoms with Crippen molar-refractivity contribution < 1.29 is 19.0 Å². The summed E-state index contributed by atoms with van der Waals surface area (Å²) in [4.78, 5) is 14.5. The van der Waals surface area contributed by atoms with Crippen LogP contribution in [0.3, 0.4) is 0 Å². The Morgan fingerprint density at radius 2 is 1.66 bits per heavy atom. The van der Waals surface area contributed by atoms with Gasteiger partial charge in [-0.2, -0.15) is 0 Å². The van der Waals surface area contributed by atoms with Crippen LogP contribution in [0.1, 0.15) is 36.3 Å². The standard InChI is InChI=1S/C25H31NO4S2/c1-2-28-22-6-3-4-7-23(22)30-21-12-14-26(15-13-21)24(27)18-29-20-10-8-19(9-11-20)25-31-16-5-17-32-25/h3-4,6-11,21,25H,2,5,12-18H2,1H3. The van der Waals surface area contributed by atoms with Gasteiger partial charge in [0.1, 0.15) is 11.9 Å². The number of ether oxygens (including phenoxy) is 3.